The molecule has 1 aliphatic rings. The maximum atomic E-state index is 9.93. The Bertz CT molecular complexity index is 415. The van der Waals surface area contributed by atoms with Crippen LogP contribution in [-0.2, 0) is 6.54 Å². The number of hydrogen-bond donors (Lipinski definition) is 2. The first-order valence-corrected chi connectivity index (χ1v) is 6.30. The molecule has 0 aliphatic heterocycles. The summed E-state index contributed by atoms with van der Waals surface area (Å²) in [7, 11) is 0. The average Bonchev–Trinajstić information content (AvgIpc) is 2.36. The Kier molecular flexibility index (Phi) is 4.24. The second-order valence-electron chi connectivity index (χ2n) is 4.82. The third kappa shape index (κ3) is 3.49. The van der Waals surface area contributed by atoms with Gasteiger partial charge in [0.15, 0.2) is 0 Å². The van der Waals surface area contributed by atoms with E-state index >= 15 is 0 Å². The van der Waals surface area contributed by atoms with Crippen molar-refractivity contribution < 1.29 is 9.84 Å². The van der Waals surface area contributed by atoms with Gasteiger partial charge in [-0.1, -0.05) is 18.1 Å². The molecule has 0 amide bonds. The highest BCUT2D eigenvalue weighted by atomic mass is 16.5. The molecule has 1 aromatic carbocycles. The van der Waals surface area contributed by atoms with Gasteiger partial charge in [-0.2, -0.15) is 0 Å². The van der Waals surface area contributed by atoms with Gasteiger partial charge < -0.3 is 15.2 Å². The molecule has 0 heterocycles. The highest BCUT2D eigenvalue weighted by molar-refractivity contribution is 5.27. The van der Waals surface area contributed by atoms with Crippen molar-refractivity contribution >= 4 is 0 Å². The number of terminal acetylenes is 1. The molecule has 1 aromatic rings. The molecule has 0 saturated heterocycles. The molecule has 2 N–H and O–H groups in total. The SMILES string of the molecule is C#CCOc1ccc(CNCC2(O)CCC2)cc1. The van der Waals surface area contributed by atoms with Crippen LogP contribution in [0.5, 0.6) is 5.75 Å². The lowest BCUT2D eigenvalue weighted by Gasteiger charge is -2.36. The molecule has 96 valence electrons. The first kappa shape index (κ1) is 12.9. The zero-order chi connectivity index (χ0) is 12.8. The number of nitrogens with one attached hydrogen (secondary N) is 1. The smallest absolute Gasteiger partial charge is 0.148 e. The van der Waals surface area contributed by atoms with Gasteiger partial charge in [-0.05, 0) is 37.0 Å². The van der Waals surface area contributed by atoms with Crippen molar-refractivity contribution in [3.8, 4) is 18.1 Å². The second-order valence-corrected chi connectivity index (χ2v) is 4.82. The molecule has 2 rings (SSSR count). The lowest BCUT2D eigenvalue weighted by molar-refractivity contribution is -0.0314. The van der Waals surface area contributed by atoms with Gasteiger partial charge in [-0.3, -0.25) is 0 Å². The zero-order valence-corrected chi connectivity index (χ0v) is 10.5. The first-order chi connectivity index (χ1) is 8.72. The van der Waals surface area contributed by atoms with E-state index in [2.05, 4.69) is 11.2 Å². The summed E-state index contributed by atoms with van der Waals surface area (Å²) in [5, 5.41) is 13.2. The summed E-state index contributed by atoms with van der Waals surface area (Å²) >= 11 is 0. The van der Waals surface area contributed by atoms with Crippen LogP contribution in [0.25, 0.3) is 0 Å². The van der Waals surface area contributed by atoms with E-state index in [1.807, 2.05) is 24.3 Å². The van der Waals surface area contributed by atoms with Crippen LogP contribution in [0.2, 0.25) is 0 Å². The molecule has 3 heteroatoms. The molecule has 3 nitrogen and oxygen atoms in total. The zero-order valence-electron chi connectivity index (χ0n) is 10.5. The largest absolute Gasteiger partial charge is 0.481 e. The lowest BCUT2D eigenvalue weighted by atomic mass is 9.80. The molecule has 1 fully saturated rings. The van der Waals surface area contributed by atoms with Gasteiger partial charge in [0.05, 0.1) is 5.60 Å². The fourth-order valence-corrected chi connectivity index (χ4v) is 2.03. The van der Waals surface area contributed by atoms with Crippen LogP contribution in [0, 0.1) is 12.3 Å². The van der Waals surface area contributed by atoms with Crippen LogP contribution >= 0.6 is 0 Å². The van der Waals surface area contributed by atoms with Crippen LogP contribution in [0.1, 0.15) is 24.8 Å². The Labute approximate surface area is 108 Å². The molecule has 0 bridgehead atoms. The van der Waals surface area contributed by atoms with Crippen molar-refractivity contribution in [2.24, 2.45) is 0 Å². The Morgan fingerprint density at radius 3 is 2.61 bits per heavy atom. The quantitative estimate of drug-likeness (QED) is 0.750. The Morgan fingerprint density at radius 1 is 1.33 bits per heavy atom. The van der Waals surface area contributed by atoms with Crippen molar-refractivity contribution in [2.45, 2.75) is 31.4 Å². The van der Waals surface area contributed by atoms with Gasteiger partial charge in [0, 0.05) is 13.1 Å². The van der Waals surface area contributed by atoms with Gasteiger partial charge in [-0.25, -0.2) is 0 Å². The van der Waals surface area contributed by atoms with Crippen LogP contribution in [0.15, 0.2) is 24.3 Å². The standard InChI is InChI=1S/C15H19NO2/c1-2-10-18-14-6-4-13(5-7-14)11-16-12-15(17)8-3-9-15/h1,4-7,16-17H,3,8-12H2. The summed E-state index contributed by atoms with van der Waals surface area (Å²) < 4.78 is 5.30. The first-order valence-electron chi connectivity index (χ1n) is 6.30. The summed E-state index contributed by atoms with van der Waals surface area (Å²) in [6, 6.07) is 7.83. The second kappa shape index (κ2) is 5.90. The summed E-state index contributed by atoms with van der Waals surface area (Å²) in [6.45, 7) is 1.73. The van der Waals surface area contributed by atoms with Crippen molar-refractivity contribution in [2.75, 3.05) is 13.2 Å². The van der Waals surface area contributed by atoms with E-state index in [0.717, 1.165) is 31.6 Å². The van der Waals surface area contributed by atoms with Gasteiger partial charge in [0.25, 0.3) is 0 Å². The normalized spacial score (nSPS) is 16.7. The van der Waals surface area contributed by atoms with E-state index in [9.17, 15) is 5.11 Å². The predicted octanol–water partition coefficient (Wildman–Crippen LogP) is 1.70. The maximum absolute atomic E-state index is 9.93. The van der Waals surface area contributed by atoms with E-state index in [-0.39, 0.29) is 0 Å². The van der Waals surface area contributed by atoms with Gasteiger partial charge in [0.1, 0.15) is 12.4 Å². The Hall–Kier alpha value is -1.50. The van der Waals surface area contributed by atoms with E-state index in [4.69, 9.17) is 11.2 Å². The summed E-state index contributed by atoms with van der Waals surface area (Å²) in [5.74, 6) is 3.22. The fourth-order valence-electron chi connectivity index (χ4n) is 2.03. The molecule has 0 spiro atoms. The minimum absolute atomic E-state index is 0.296. The molecule has 0 unspecified atom stereocenters. The summed E-state index contributed by atoms with van der Waals surface area (Å²) in [4.78, 5) is 0. The number of hydrogen-bond acceptors (Lipinski definition) is 3. The van der Waals surface area contributed by atoms with Crippen molar-refractivity contribution in [1.82, 2.24) is 5.32 Å². The average molecular weight is 245 g/mol. The number of rotatable bonds is 6. The molecule has 0 atom stereocenters. The van der Waals surface area contributed by atoms with Crippen LogP contribution in [0.3, 0.4) is 0 Å². The third-order valence-electron chi connectivity index (χ3n) is 3.31. The molecular weight excluding hydrogens is 226 g/mol. The molecule has 18 heavy (non-hydrogen) atoms. The number of benzene rings is 1. The molecule has 1 saturated carbocycles. The van der Waals surface area contributed by atoms with Crippen molar-refractivity contribution in [3.63, 3.8) is 0 Å². The van der Waals surface area contributed by atoms with Gasteiger partial charge in [-0.15, -0.1) is 6.42 Å². The number of aliphatic hydroxyl groups is 1. The van der Waals surface area contributed by atoms with Crippen LogP contribution < -0.4 is 10.1 Å². The monoisotopic (exact) mass is 245 g/mol. The molecule has 0 aromatic heterocycles. The predicted molar refractivity (Wildman–Crippen MR) is 71.3 cm³/mol. The van der Waals surface area contributed by atoms with E-state index in [1.54, 1.807) is 0 Å². The molecular formula is C15H19NO2. The lowest BCUT2D eigenvalue weighted by Crippen LogP contribution is -2.45. The van der Waals surface area contributed by atoms with Crippen molar-refractivity contribution in [3.05, 3.63) is 29.8 Å². The fraction of sp³-hybridized carbons (Fsp3) is 0.467. The minimum atomic E-state index is -0.462. The summed E-state index contributed by atoms with van der Waals surface area (Å²) in [6.07, 6.45) is 8.09. The van der Waals surface area contributed by atoms with E-state index < -0.39 is 5.60 Å². The highest BCUT2D eigenvalue weighted by Crippen LogP contribution is 2.30. The summed E-state index contributed by atoms with van der Waals surface area (Å²) in [5.41, 5.74) is 0.710. The Balaban J connectivity index is 1.74. The van der Waals surface area contributed by atoms with Gasteiger partial charge >= 0.3 is 0 Å². The van der Waals surface area contributed by atoms with E-state index in [1.165, 1.54) is 5.56 Å². The molecule has 1 aliphatic carbocycles. The van der Waals surface area contributed by atoms with E-state index in [0.29, 0.717) is 13.2 Å². The topological polar surface area (TPSA) is 41.5 Å². The minimum Gasteiger partial charge on any atom is -0.481 e. The maximum Gasteiger partial charge on any atom is 0.148 e. The molecule has 0 radical (unpaired) electrons. The van der Waals surface area contributed by atoms with Crippen LogP contribution in [-0.4, -0.2) is 23.9 Å². The van der Waals surface area contributed by atoms with Crippen molar-refractivity contribution in [1.29, 1.82) is 0 Å². The highest BCUT2D eigenvalue weighted by Gasteiger charge is 2.33. The number of ether oxygens (including phenoxy) is 1. The van der Waals surface area contributed by atoms with Crippen LogP contribution in [0.4, 0.5) is 0 Å². The Morgan fingerprint density at radius 2 is 2.06 bits per heavy atom. The van der Waals surface area contributed by atoms with Gasteiger partial charge in [0.2, 0.25) is 0 Å². The third-order valence-corrected chi connectivity index (χ3v) is 3.31.